The molecule has 1 aliphatic rings. The molecule has 4 aromatic carbocycles. The number of ether oxygens (including phenoxy) is 3. The number of amides is 2. The first-order valence-corrected chi connectivity index (χ1v) is 15.0. The molecule has 236 valence electrons. The minimum Gasteiger partial charge on any atom is -0.507 e. The summed E-state index contributed by atoms with van der Waals surface area (Å²) >= 11 is 0. The zero-order valence-electron chi connectivity index (χ0n) is 25.4. The first kappa shape index (κ1) is 30.6. The van der Waals surface area contributed by atoms with Crippen LogP contribution >= 0.6 is 0 Å². The largest absolute Gasteiger partial charge is 0.507 e. The fourth-order valence-corrected chi connectivity index (χ4v) is 5.58. The molecule has 3 N–H and O–H groups in total. The van der Waals surface area contributed by atoms with Crippen molar-refractivity contribution >= 4 is 39.6 Å². The van der Waals surface area contributed by atoms with Gasteiger partial charge in [-0.1, -0.05) is 30.3 Å². The highest BCUT2D eigenvalue weighted by Crippen LogP contribution is 2.38. The van der Waals surface area contributed by atoms with Gasteiger partial charge in [0, 0.05) is 35.8 Å². The number of phenols is 1. The molecule has 0 atom stereocenters. The maximum atomic E-state index is 15.4. The van der Waals surface area contributed by atoms with Gasteiger partial charge in [0.15, 0.2) is 23.1 Å². The number of hydrogen-bond acceptors (Lipinski definition) is 8. The van der Waals surface area contributed by atoms with Crippen LogP contribution in [-0.4, -0.2) is 60.6 Å². The van der Waals surface area contributed by atoms with Gasteiger partial charge in [-0.3, -0.25) is 4.98 Å². The average Bonchev–Trinajstić information content (AvgIpc) is 3.58. The molecule has 46 heavy (non-hydrogen) atoms. The number of hydrazone groups is 1. The zero-order chi connectivity index (χ0) is 32.0. The Balaban J connectivity index is 1.21. The number of carbonyl (C=O) groups excluding carboxylic acids is 1. The molecule has 0 saturated carbocycles. The Kier molecular flexibility index (Phi) is 9.11. The molecule has 2 heterocycles. The summed E-state index contributed by atoms with van der Waals surface area (Å²) in [6.07, 6.45) is 6.29. The van der Waals surface area contributed by atoms with Crippen molar-refractivity contribution < 1.29 is 28.5 Å². The van der Waals surface area contributed by atoms with Crippen LogP contribution in [0, 0.1) is 5.82 Å². The predicted octanol–water partition coefficient (Wildman–Crippen LogP) is 6.82. The summed E-state index contributed by atoms with van der Waals surface area (Å²) in [5, 5.41) is 17.7. The number of benzene rings is 4. The number of methoxy groups -OCH3 is 1. The number of fused-ring (bicyclic) bond motifs is 2. The van der Waals surface area contributed by atoms with Crippen molar-refractivity contribution in [2.75, 3.05) is 38.4 Å². The minimum absolute atomic E-state index is 0.0285. The topological polar surface area (TPSA) is 123 Å². The van der Waals surface area contributed by atoms with Gasteiger partial charge in [0.25, 0.3) is 0 Å². The van der Waals surface area contributed by atoms with Crippen LogP contribution in [0.2, 0.25) is 0 Å². The van der Waals surface area contributed by atoms with Crippen LogP contribution < -0.4 is 25.0 Å². The molecular formula is C35H34FN5O5. The minimum atomic E-state index is -0.940. The van der Waals surface area contributed by atoms with E-state index in [1.165, 1.54) is 37.3 Å². The Bertz CT molecular complexity index is 1910. The molecular weight excluding hydrogens is 589 g/mol. The molecule has 0 bridgehead atoms. The van der Waals surface area contributed by atoms with Gasteiger partial charge in [-0.25, -0.2) is 9.18 Å². The van der Waals surface area contributed by atoms with Crippen molar-refractivity contribution in [1.82, 2.24) is 9.88 Å². The van der Waals surface area contributed by atoms with E-state index >= 15 is 4.39 Å². The molecule has 0 spiro atoms. The van der Waals surface area contributed by atoms with Crippen LogP contribution in [0.5, 0.6) is 28.7 Å². The lowest BCUT2D eigenvalue weighted by atomic mass is 10.0. The molecule has 0 unspecified atom stereocenters. The number of hydrogen-bond donors (Lipinski definition) is 2. The van der Waals surface area contributed by atoms with Crippen LogP contribution in [0.15, 0.2) is 84.1 Å². The summed E-state index contributed by atoms with van der Waals surface area (Å²) in [5.41, 5.74) is 6.64. The van der Waals surface area contributed by atoms with Crippen molar-refractivity contribution in [3.63, 3.8) is 0 Å². The molecule has 0 radical (unpaired) electrons. The maximum absolute atomic E-state index is 15.4. The lowest BCUT2D eigenvalue weighted by molar-refractivity contribution is 0.254. The SMILES string of the molecule is COc1cc2c(Oc3ccc(N(N=Cc4c(O)ccc5ccccc45)C(N)=O)cc3F)ccnc2cc1OCCCN1CCCC1. The van der Waals surface area contributed by atoms with Crippen molar-refractivity contribution in [2.45, 2.75) is 19.3 Å². The molecule has 1 aromatic heterocycles. The molecule has 1 aliphatic heterocycles. The third-order valence-corrected chi connectivity index (χ3v) is 7.90. The third kappa shape index (κ3) is 6.64. The molecule has 11 heteroatoms. The number of primary amides is 1. The monoisotopic (exact) mass is 623 g/mol. The van der Waals surface area contributed by atoms with E-state index in [9.17, 15) is 9.90 Å². The number of pyridine rings is 1. The average molecular weight is 624 g/mol. The first-order valence-electron chi connectivity index (χ1n) is 15.0. The Hall–Kier alpha value is -5.42. The number of phenolic OH excluding ortho intramolecular Hbond substituents is 1. The highest BCUT2D eigenvalue weighted by atomic mass is 19.1. The quantitative estimate of drug-likeness (QED) is 0.0941. The van der Waals surface area contributed by atoms with Crippen molar-refractivity contribution in [2.24, 2.45) is 10.8 Å². The number of aromatic hydroxyl groups is 1. The van der Waals surface area contributed by atoms with E-state index in [1.54, 1.807) is 37.6 Å². The summed E-state index contributed by atoms with van der Waals surface area (Å²) in [5.74, 6) is 0.570. The van der Waals surface area contributed by atoms with Crippen LogP contribution in [0.3, 0.4) is 0 Å². The molecule has 6 rings (SSSR count). The number of carbonyl (C=O) groups is 1. The van der Waals surface area contributed by atoms with E-state index in [2.05, 4.69) is 15.0 Å². The van der Waals surface area contributed by atoms with E-state index in [1.807, 2.05) is 24.3 Å². The molecule has 0 aliphatic carbocycles. The second-order valence-electron chi connectivity index (χ2n) is 10.9. The number of aromatic nitrogens is 1. The number of anilines is 1. The molecule has 10 nitrogen and oxygen atoms in total. The smallest absolute Gasteiger partial charge is 0.340 e. The number of halogens is 1. The Morgan fingerprint density at radius 3 is 2.63 bits per heavy atom. The van der Waals surface area contributed by atoms with E-state index in [0.717, 1.165) is 47.9 Å². The van der Waals surface area contributed by atoms with Gasteiger partial charge in [-0.2, -0.15) is 10.1 Å². The van der Waals surface area contributed by atoms with Gasteiger partial charge in [-0.05, 0) is 73.5 Å². The van der Waals surface area contributed by atoms with Gasteiger partial charge in [0.1, 0.15) is 11.5 Å². The maximum Gasteiger partial charge on any atom is 0.340 e. The molecule has 1 fully saturated rings. The summed E-state index contributed by atoms with van der Waals surface area (Å²) in [4.78, 5) is 19.2. The third-order valence-electron chi connectivity index (χ3n) is 7.90. The van der Waals surface area contributed by atoms with E-state index in [4.69, 9.17) is 19.9 Å². The highest BCUT2D eigenvalue weighted by molar-refractivity contribution is 6.03. The van der Waals surface area contributed by atoms with Crippen molar-refractivity contribution in [3.05, 3.63) is 90.4 Å². The van der Waals surface area contributed by atoms with Gasteiger partial charge < -0.3 is 30.0 Å². The van der Waals surface area contributed by atoms with Crippen molar-refractivity contribution in [1.29, 1.82) is 0 Å². The number of likely N-dealkylation sites (tertiary alicyclic amines) is 1. The van der Waals surface area contributed by atoms with Gasteiger partial charge >= 0.3 is 6.03 Å². The standard InChI is InChI=1S/C35H34FN5O5/c1-44-33-20-26-29(21-34(33)45-18-6-17-40-15-4-5-16-40)38-14-13-31(26)46-32-12-10-24(19-28(32)36)41(35(37)43)39-22-27-25-8-3-2-7-23(25)9-11-30(27)42/h2-3,7-14,19-22,42H,4-6,15-18H2,1H3,(H2,37,43). The van der Waals surface area contributed by atoms with E-state index in [-0.39, 0.29) is 17.2 Å². The first-order chi connectivity index (χ1) is 22.4. The second kappa shape index (κ2) is 13.7. The molecule has 2 amide bonds. The Labute approximate surface area is 265 Å². The summed E-state index contributed by atoms with van der Waals surface area (Å²) in [7, 11) is 1.56. The van der Waals surface area contributed by atoms with Gasteiger partial charge in [0.2, 0.25) is 0 Å². The normalized spacial score (nSPS) is 13.4. The van der Waals surface area contributed by atoms with Crippen LogP contribution in [-0.2, 0) is 0 Å². The number of nitrogens with two attached hydrogens (primary N) is 1. The Morgan fingerprint density at radius 2 is 1.85 bits per heavy atom. The number of nitrogens with zero attached hydrogens (tertiary/aromatic N) is 4. The van der Waals surface area contributed by atoms with Crippen molar-refractivity contribution in [3.8, 4) is 28.7 Å². The lowest BCUT2D eigenvalue weighted by Crippen LogP contribution is -2.31. The fourth-order valence-electron chi connectivity index (χ4n) is 5.58. The molecule has 1 saturated heterocycles. The second-order valence-corrected chi connectivity index (χ2v) is 10.9. The van der Waals surface area contributed by atoms with Gasteiger partial charge in [-0.15, -0.1) is 0 Å². The van der Waals surface area contributed by atoms with Gasteiger partial charge in [0.05, 0.1) is 31.1 Å². The van der Waals surface area contributed by atoms with Crippen LogP contribution in [0.4, 0.5) is 14.9 Å². The van der Waals surface area contributed by atoms with Crippen LogP contribution in [0.25, 0.3) is 21.7 Å². The number of urea groups is 1. The Morgan fingerprint density at radius 1 is 1.02 bits per heavy atom. The summed E-state index contributed by atoms with van der Waals surface area (Å²) in [6, 6.07) is 18.9. The molecule has 5 aromatic rings. The summed E-state index contributed by atoms with van der Waals surface area (Å²) in [6.45, 7) is 3.82. The fraction of sp³-hybridized carbons (Fsp3) is 0.229. The zero-order valence-corrected chi connectivity index (χ0v) is 25.4. The predicted molar refractivity (Wildman–Crippen MR) is 176 cm³/mol. The van der Waals surface area contributed by atoms with Crippen LogP contribution in [0.1, 0.15) is 24.8 Å². The van der Waals surface area contributed by atoms with E-state index < -0.39 is 11.8 Å². The summed E-state index contributed by atoms with van der Waals surface area (Å²) < 4.78 is 33.0. The van der Waals surface area contributed by atoms with E-state index in [0.29, 0.717) is 40.3 Å². The lowest BCUT2D eigenvalue weighted by Gasteiger charge is -2.17. The highest BCUT2D eigenvalue weighted by Gasteiger charge is 2.18. The number of rotatable bonds is 11.